The molecule has 0 saturated carbocycles. The lowest BCUT2D eigenvalue weighted by molar-refractivity contribution is -0.289. The number of rotatable bonds is 4. The molecule has 0 aliphatic rings. The molecule has 0 saturated heterocycles. The van der Waals surface area contributed by atoms with Gasteiger partial charge in [-0.15, -0.1) is 0 Å². The molecule has 0 aliphatic carbocycles. The van der Waals surface area contributed by atoms with Crippen molar-refractivity contribution in [2.45, 2.75) is 25.1 Å². The summed E-state index contributed by atoms with van der Waals surface area (Å²) < 4.78 is 67.1. The third kappa shape index (κ3) is 3.32. The van der Waals surface area contributed by atoms with Gasteiger partial charge in [0, 0.05) is 11.6 Å². The molecule has 7 heteroatoms. The Bertz CT molecular complexity index is 385. The number of hydrogen-bond donors (Lipinski definition) is 1. The van der Waals surface area contributed by atoms with Gasteiger partial charge < -0.3 is 10.5 Å². The van der Waals surface area contributed by atoms with Crippen LogP contribution in [0.15, 0.2) is 24.3 Å². The first-order valence-corrected chi connectivity index (χ1v) is 5.08. The highest BCUT2D eigenvalue weighted by Gasteiger charge is 2.58. The van der Waals surface area contributed by atoms with Crippen molar-refractivity contribution in [3.05, 3.63) is 29.8 Å². The number of halogens is 5. The number of benzene rings is 1. The number of alkyl halides is 5. The molecular formula is C11H12F5NO. The Labute approximate surface area is 101 Å². The predicted octanol–water partition coefficient (Wildman–Crippen LogP) is 3.07. The number of ether oxygens (including phenoxy) is 1. The maximum atomic E-state index is 12.9. The molecule has 0 aromatic heterocycles. The monoisotopic (exact) mass is 269 g/mol. The van der Waals surface area contributed by atoms with Crippen molar-refractivity contribution >= 4 is 0 Å². The van der Waals surface area contributed by atoms with Gasteiger partial charge in [0.25, 0.3) is 0 Å². The Morgan fingerprint density at radius 1 is 1.11 bits per heavy atom. The third-order valence-corrected chi connectivity index (χ3v) is 2.09. The van der Waals surface area contributed by atoms with Crippen LogP contribution in [0.3, 0.4) is 0 Å². The van der Waals surface area contributed by atoms with Gasteiger partial charge in [-0.3, -0.25) is 0 Å². The highest BCUT2D eigenvalue weighted by Crippen LogP contribution is 2.43. The summed E-state index contributed by atoms with van der Waals surface area (Å²) in [6.45, 7) is 1.82. The SMILES string of the molecule is CC(N)COc1ccc(C(F)(F)C(F)(F)F)cc1. The van der Waals surface area contributed by atoms with E-state index in [1.807, 2.05) is 0 Å². The fourth-order valence-electron chi connectivity index (χ4n) is 1.15. The van der Waals surface area contributed by atoms with Crippen LogP contribution in [0, 0.1) is 0 Å². The maximum Gasteiger partial charge on any atom is 0.458 e. The van der Waals surface area contributed by atoms with Crippen molar-refractivity contribution in [3.63, 3.8) is 0 Å². The molecule has 0 fully saturated rings. The molecule has 2 N–H and O–H groups in total. The molecule has 0 aliphatic heterocycles. The Kier molecular flexibility index (Phi) is 4.16. The molecule has 18 heavy (non-hydrogen) atoms. The molecular weight excluding hydrogens is 257 g/mol. The fraction of sp³-hybridized carbons (Fsp3) is 0.455. The summed E-state index contributed by atoms with van der Waals surface area (Å²) in [5, 5.41) is 0. The highest BCUT2D eigenvalue weighted by molar-refractivity contribution is 5.30. The molecule has 1 aromatic carbocycles. The Hall–Kier alpha value is -1.37. The van der Waals surface area contributed by atoms with E-state index in [2.05, 4.69) is 0 Å². The second-order valence-corrected chi connectivity index (χ2v) is 3.88. The first-order chi connectivity index (χ1) is 8.14. The Morgan fingerprint density at radius 3 is 2.00 bits per heavy atom. The van der Waals surface area contributed by atoms with E-state index in [-0.39, 0.29) is 18.4 Å². The largest absolute Gasteiger partial charge is 0.492 e. The highest BCUT2D eigenvalue weighted by atomic mass is 19.4. The quantitative estimate of drug-likeness (QED) is 0.852. The smallest absolute Gasteiger partial charge is 0.458 e. The molecule has 0 radical (unpaired) electrons. The van der Waals surface area contributed by atoms with Crippen LogP contribution < -0.4 is 10.5 Å². The van der Waals surface area contributed by atoms with Crippen LogP contribution in [0.4, 0.5) is 22.0 Å². The number of hydrogen-bond acceptors (Lipinski definition) is 2. The first kappa shape index (κ1) is 14.7. The summed E-state index contributed by atoms with van der Waals surface area (Å²) in [5.41, 5.74) is 4.28. The summed E-state index contributed by atoms with van der Waals surface area (Å²) in [7, 11) is 0. The van der Waals surface area contributed by atoms with E-state index in [0.29, 0.717) is 12.1 Å². The van der Waals surface area contributed by atoms with Crippen LogP contribution in [0.1, 0.15) is 12.5 Å². The molecule has 0 bridgehead atoms. The van der Waals surface area contributed by atoms with Crippen LogP contribution in [0.25, 0.3) is 0 Å². The lowest BCUT2D eigenvalue weighted by Gasteiger charge is -2.20. The maximum absolute atomic E-state index is 12.9. The third-order valence-electron chi connectivity index (χ3n) is 2.09. The number of nitrogens with two attached hydrogens (primary N) is 1. The summed E-state index contributed by atoms with van der Waals surface area (Å²) in [6, 6.07) is 3.21. The average molecular weight is 269 g/mol. The molecule has 1 aromatic rings. The van der Waals surface area contributed by atoms with Crippen LogP contribution in [0.2, 0.25) is 0 Å². The van der Waals surface area contributed by atoms with Crippen LogP contribution >= 0.6 is 0 Å². The summed E-state index contributed by atoms with van der Waals surface area (Å²) in [6.07, 6.45) is -5.61. The second kappa shape index (κ2) is 5.09. The molecule has 1 rings (SSSR count). The zero-order valence-corrected chi connectivity index (χ0v) is 9.47. The molecule has 0 amide bonds. The Morgan fingerprint density at radius 2 is 1.61 bits per heavy atom. The Balaban J connectivity index is 2.83. The van der Waals surface area contributed by atoms with E-state index in [9.17, 15) is 22.0 Å². The van der Waals surface area contributed by atoms with Crippen molar-refractivity contribution < 1.29 is 26.7 Å². The molecule has 1 atom stereocenters. The molecule has 1 unspecified atom stereocenters. The van der Waals surface area contributed by atoms with Crippen molar-refractivity contribution in [3.8, 4) is 5.75 Å². The topological polar surface area (TPSA) is 35.2 Å². The van der Waals surface area contributed by atoms with E-state index >= 15 is 0 Å². The van der Waals surface area contributed by atoms with E-state index < -0.39 is 17.7 Å². The first-order valence-electron chi connectivity index (χ1n) is 5.08. The van der Waals surface area contributed by atoms with Gasteiger partial charge in [-0.1, -0.05) is 0 Å². The molecule has 2 nitrogen and oxygen atoms in total. The summed E-state index contributed by atoms with van der Waals surface area (Å²) in [4.78, 5) is 0. The zero-order valence-electron chi connectivity index (χ0n) is 9.47. The van der Waals surface area contributed by atoms with Gasteiger partial charge in [-0.2, -0.15) is 22.0 Å². The van der Waals surface area contributed by atoms with Crippen molar-refractivity contribution in [1.29, 1.82) is 0 Å². The van der Waals surface area contributed by atoms with Gasteiger partial charge in [-0.05, 0) is 31.2 Å². The normalized spacial score (nSPS) is 14.4. The van der Waals surface area contributed by atoms with Crippen LogP contribution in [-0.2, 0) is 5.92 Å². The van der Waals surface area contributed by atoms with E-state index in [1.54, 1.807) is 6.92 Å². The second-order valence-electron chi connectivity index (χ2n) is 3.88. The van der Waals surface area contributed by atoms with Crippen LogP contribution in [-0.4, -0.2) is 18.8 Å². The zero-order chi connectivity index (χ0) is 14.0. The minimum absolute atomic E-state index is 0.148. The standard InChI is InChI=1S/C11H12F5NO/c1-7(17)6-18-9-4-2-8(3-5-9)10(12,13)11(14,15)16/h2-5,7H,6,17H2,1H3. The van der Waals surface area contributed by atoms with Gasteiger partial charge in [0.2, 0.25) is 0 Å². The predicted molar refractivity (Wildman–Crippen MR) is 55.5 cm³/mol. The van der Waals surface area contributed by atoms with E-state index in [4.69, 9.17) is 10.5 Å². The van der Waals surface area contributed by atoms with Gasteiger partial charge in [0.1, 0.15) is 12.4 Å². The van der Waals surface area contributed by atoms with Crippen LogP contribution in [0.5, 0.6) is 5.75 Å². The minimum Gasteiger partial charge on any atom is -0.492 e. The van der Waals surface area contributed by atoms with Gasteiger partial charge >= 0.3 is 12.1 Å². The van der Waals surface area contributed by atoms with Crippen molar-refractivity contribution in [2.75, 3.05) is 6.61 Å². The van der Waals surface area contributed by atoms with Crippen molar-refractivity contribution in [2.24, 2.45) is 5.73 Å². The van der Waals surface area contributed by atoms with E-state index in [1.165, 1.54) is 0 Å². The summed E-state index contributed by atoms with van der Waals surface area (Å²) in [5.74, 6) is -4.68. The fourth-order valence-corrected chi connectivity index (χ4v) is 1.15. The lowest BCUT2D eigenvalue weighted by Crippen LogP contribution is -2.33. The van der Waals surface area contributed by atoms with Gasteiger partial charge in [-0.25, -0.2) is 0 Å². The average Bonchev–Trinajstić information content (AvgIpc) is 2.25. The van der Waals surface area contributed by atoms with E-state index in [0.717, 1.165) is 12.1 Å². The van der Waals surface area contributed by atoms with Crippen molar-refractivity contribution in [1.82, 2.24) is 0 Å². The molecule has 0 spiro atoms. The van der Waals surface area contributed by atoms with Gasteiger partial charge in [0.05, 0.1) is 0 Å². The minimum atomic E-state index is -5.61. The summed E-state index contributed by atoms with van der Waals surface area (Å²) >= 11 is 0. The lowest BCUT2D eigenvalue weighted by atomic mass is 10.1. The van der Waals surface area contributed by atoms with Gasteiger partial charge in [0.15, 0.2) is 0 Å². The molecule has 102 valence electrons. The molecule has 0 heterocycles.